The Morgan fingerprint density at radius 2 is 2.00 bits per heavy atom. The molecule has 2 aromatic carbocycles. The lowest BCUT2D eigenvalue weighted by molar-refractivity contribution is -0.137. The molecule has 130 valence electrons. The molecule has 0 radical (unpaired) electrons. The van der Waals surface area contributed by atoms with Crippen molar-refractivity contribution in [1.82, 2.24) is 9.78 Å². The smallest absolute Gasteiger partial charge is 0.315 e. The predicted molar refractivity (Wildman–Crippen MR) is 103 cm³/mol. The van der Waals surface area contributed by atoms with Gasteiger partial charge in [0.15, 0.2) is 0 Å². The second-order valence-electron chi connectivity index (χ2n) is 6.96. The summed E-state index contributed by atoms with van der Waals surface area (Å²) in [4.78, 5) is 12.3. The van der Waals surface area contributed by atoms with Gasteiger partial charge >= 0.3 is 5.97 Å². The lowest BCUT2D eigenvalue weighted by Crippen LogP contribution is -2.11. The van der Waals surface area contributed by atoms with E-state index in [1.54, 1.807) is 0 Å². The molecule has 0 amide bonds. The summed E-state index contributed by atoms with van der Waals surface area (Å²) in [6.45, 7) is 6.61. The Morgan fingerprint density at radius 3 is 2.72 bits per heavy atom. The van der Waals surface area contributed by atoms with E-state index >= 15 is 0 Å². The highest BCUT2D eigenvalue weighted by Gasteiger charge is 2.14. The Balaban J connectivity index is 1.90. The van der Waals surface area contributed by atoms with Crippen molar-refractivity contribution in [3.63, 3.8) is 0 Å². The molecule has 4 nitrogen and oxygen atoms in total. The number of ether oxygens (including phenoxy) is 1. The highest BCUT2D eigenvalue weighted by molar-refractivity contribution is 8.00. The molecule has 0 atom stereocenters. The van der Waals surface area contributed by atoms with E-state index in [-0.39, 0.29) is 11.4 Å². The van der Waals surface area contributed by atoms with Crippen LogP contribution in [0.2, 0.25) is 0 Å². The number of thioether (sulfide) groups is 1. The van der Waals surface area contributed by atoms with E-state index in [2.05, 4.69) is 60.9 Å². The van der Waals surface area contributed by atoms with Crippen molar-refractivity contribution < 1.29 is 9.53 Å². The first kappa shape index (κ1) is 17.5. The Hall–Kier alpha value is -2.27. The molecule has 1 aromatic heterocycles. The summed E-state index contributed by atoms with van der Waals surface area (Å²) in [5, 5.41) is 5.73. The summed E-state index contributed by atoms with van der Waals surface area (Å²) in [7, 11) is 1.40. The maximum atomic E-state index is 11.3. The summed E-state index contributed by atoms with van der Waals surface area (Å²) in [6.07, 6.45) is 2.03. The van der Waals surface area contributed by atoms with Crippen LogP contribution in [-0.2, 0) is 14.9 Å². The van der Waals surface area contributed by atoms with E-state index in [0.29, 0.717) is 5.75 Å². The zero-order valence-corrected chi connectivity index (χ0v) is 15.8. The number of nitrogens with zero attached hydrogens (tertiary/aromatic N) is 2. The number of fused-ring (bicyclic) bond motifs is 1. The quantitative estimate of drug-likeness (QED) is 0.508. The van der Waals surface area contributed by atoms with E-state index in [1.807, 2.05) is 23.0 Å². The molecule has 0 N–H and O–H groups in total. The maximum Gasteiger partial charge on any atom is 0.315 e. The van der Waals surface area contributed by atoms with Gasteiger partial charge in [-0.1, -0.05) is 32.9 Å². The summed E-state index contributed by atoms with van der Waals surface area (Å²) >= 11 is 1.47. The van der Waals surface area contributed by atoms with E-state index in [0.717, 1.165) is 21.5 Å². The Bertz CT molecular complexity index is 909. The normalized spacial score (nSPS) is 11.7. The number of esters is 1. The van der Waals surface area contributed by atoms with Crippen molar-refractivity contribution in [2.24, 2.45) is 0 Å². The molecular weight excluding hydrogens is 332 g/mol. The van der Waals surface area contributed by atoms with Crippen molar-refractivity contribution in [3.05, 3.63) is 54.2 Å². The van der Waals surface area contributed by atoms with Gasteiger partial charge in [0.25, 0.3) is 0 Å². The molecule has 0 aliphatic carbocycles. The summed E-state index contributed by atoms with van der Waals surface area (Å²) in [6, 6.07) is 14.5. The number of rotatable bonds is 4. The molecule has 5 heteroatoms. The number of hydrogen-bond donors (Lipinski definition) is 0. The van der Waals surface area contributed by atoms with Gasteiger partial charge in [-0.25, -0.2) is 4.68 Å². The maximum absolute atomic E-state index is 11.3. The minimum absolute atomic E-state index is 0.0975. The molecule has 1 heterocycles. The molecule has 0 fully saturated rings. The first-order chi connectivity index (χ1) is 11.9. The zero-order valence-electron chi connectivity index (χ0n) is 14.9. The fourth-order valence-electron chi connectivity index (χ4n) is 2.54. The van der Waals surface area contributed by atoms with Gasteiger partial charge in [0.2, 0.25) is 0 Å². The van der Waals surface area contributed by atoms with Crippen LogP contribution in [0.5, 0.6) is 0 Å². The number of hydrogen-bond acceptors (Lipinski definition) is 4. The van der Waals surface area contributed by atoms with Crippen molar-refractivity contribution in [2.75, 3.05) is 12.9 Å². The molecule has 0 aliphatic rings. The lowest BCUT2D eigenvalue weighted by Gasteiger charge is -2.19. The highest BCUT2D eigenvalue weighted by atomic mass is 32.2. The van der Waals surface area contributed by atoms with Crippen molar-refractivity contribution >= 4 is 28.6 Å². The van der Waals surface area contributed by atoms with Gasteiger partial charge < -0.3 is 4.74 Å². The average Bonchev–Trinajstić information content (AvgIpc) is 3.02. The molecular formula is C20H22N2O2S. The minimum Gasteiger partial charge on any atom is -0.468 e. The van der Waals surface area contributed by atoms with Crippen molar-refractivity contribution in [3.8, 4) is 5.69 Å². The highest BCUT2D eigenvalue weighted by Crippen LogP contribution is 2.26. The van der Waals surface area contributed by atoms with Gasteiger partial charge in [-0.2, -0.15) is 5.10 Å². The standard InChI is InChI=1S/C20H22N2O2S/c1-20(2,3)15-6-5-7-16(11-15)22-12-14-10-17(8-9-18(14)21-22)25-13-19(23)24-4/h5-12H,13H2,1-4H3. The molecule has 0 saturated heterocycles. The van der Waals surface area contributed by atoms with Crippen LogP contribution in [0.15, 0.2) is 53.6 Å². The fourth-order valence-corrected chi connectivity index (χ4v) is 3.32. The number of benzene rings is 2. The van der Waals surface area contributed by atoms with Crippen molar-refractivity contribution in [2.45, 2.75) is 31.1 Å². The molecule has 3 aromatic rings. The molecule has 0 saturated carbocycles. The summed E-state index contributed by atoms with van der Waals surface area (Å²) in [5.41, 5.74) is 3.36. The molecule has 3 rings (SSSR count). The minimum atomic E-state index is -0.222. The van der Waals surface area contributed by atoms with Gasteiger partial charge in [-0.05, 0) is 41.3 Å². The third-order valence-corrected chi connectivity index (χ3v) is 5.00. The van der Waals surface area contributed by atoms with Gasteiger partial charge in [0, 0.05) is 16.5 Å². The van der Waals surface area contributed by atoms with Crippen LogP contribution in [0.1, 0.15) is 26.3 Å². The van der Waals surface area contributed by atoms with Crippen LogP contribution in [0, 0.1) is 0 Å². The fraction of sp³-hybridized carbons (Fsp3) is 0.300. The number of aromatic nitrogens is 2. The van der Waals surface area contributed by atoms with Gasteiger partial charge in [-0.15, -0.1) is 11.8 Å². The van der Waals surface area contributed by atoms with E-state index < -0.39 is 0 Å². The zero-order chi connectivity index (χ0) is 18.0. The predicted octanol–water partition coefficient (Wildman–Crippen LogP) is 4.59. The topological polar surface area (TPSA) is 44.1 Å². The first-order valence-electron chi connectivity index (χ1n) is 8.17. The van der Waals surface area contributed by atoms with E-state index in [9.17, 15) is 4.79 Å². The van der Waals surface area contributed by atoms with Crippen LogP contribution in [-0.4, -0.2) is 28.6 Å². The third-order valence-electron chi connectivity index (χ3n) is 4.04. The molecule has 0 spiro atoms. The van der Waals surface area contributed by atoms with Crippen molar-refractivity contribution in [1.29, 1.82) is 0 Å². The number of methoxy groups -OCH3 is 1. The van der Waals surface area contributed by atoms with Gasteiger partial charge in [0.05, 0.1) is 24.1 Å². The van der Waals surface area contributed by atoms with Crippen LogP contribution in [0.25, 0.3) is 16.6 Å². The Morgan fingerprint density at radius 1 is 1.20 bits per heavy atom. The lowest BCUT2D eigenvalue weighted by atomic mass is 9.87. The van der Waals surface area contributed by atoms with E-state index in [1.165, 1.54) is 24.4 Å². The largest absolute Gasteiger partial charge is 0.468 e. The van der Waals surface area contributed by atoms with E-state index in [4.69, 9.17) is 0 Å². The van der Waals surface area contributed by atoms with Crippen LogP contribution >= 0.6 is 11.8 Å². The monoisotopic (exact) mass is 354 g/mol. The SMILES string of the molecule is COC(=O)CSc1ccc2nn(-c3cccc(C(C)(C)C)c3)cc2c1. The molecule has 0 unspecified atom stereocenters. The second-order valence-corrected chi connectivity index (χ2v) is 8.01. The first-order valence-corrected chi connectivity index (χ1v) is 9.15. The Labute approximate surface area is 152 Å². The number of carbonyl (C=O) groups is 1. The third kappa shape index (κ3) is 4.04. The molecule has 0 bridgehead atoms. The van der Waals surface area contributed by atoms with Crippen LogP contribution < -0.4 is 0 Å². The molecule has 25 heavy (non-hydrogen) atoms. The van der Waals surface area contributed by atoms with Crippen LogP contribution in [0.4, 0.5) is 0 Å². The average molecular weight is 354 g/mol. The summed E-state index contributed by atoms with van der Waals surface area (Å²) < 4.78 is 6.60. The molecule has 0 aliphatic heterocycles. The Kier molecular flexibility index (Phi) is 4.86. The summed E-state index contributed by atoms with van der Waals surface area (Å²) in [5.74, 6) is 0.0869. The van der Waals surface area contributed by atoms with Crippen LogP contribution in [0.3, 0.4) is 0 Å². The van der Waals surface area contributed by atoms with Gasteiger partial charge in [0.1, 0.15) is 0 Å². The second kappa shape index (κ2) is 6.92. The number of carbonyl (C=O) groups excluding carboxylic acids is 1. The van der Waals surface area contributed by atoms with Gasteiger partial charge in [-0.3, -0.25) is 4.79 Å².